The highest BCUT2D eigenvalue weighted by Gasteiger charge is 2.38. The summed E-state index contributed by atoms with van der Waals surface area (Å²) in [6.45, 7) is 0. The third kappa shape index (κ3) is 5.48. The lowest BCUT2D eigenvalue weighted by atomic mass is 9.23. The molecule has 15 heteroatoms. The average Bonchev–Trinajstić information content (AvgIpc) is 3.62. The van der Waals surface area contributed by atoms with Gasteiger partial charge >= 0.3 is 0 Å². The summed E-state index contributed by atoms with van der Waals surface area (Å²) in [6.07, 6.45) is 0. The van der Waals surface area contributed by atoms with Crippen molar-refractivity contribution in [3.8, 4) is 27.9 Å². The second-order valence-corrected chi connectivity index (χ2v) is 18.6. The minimum atomic E-state index is -0.187. The molecule has 0 radical (unpaired) electrons. The van der Waals surface area contributed by atoms with Crippen molar-refractivity contribution in [2.75, 3.05) is 0 Å². The molecule has 2 nitrogen and oxygen atoms in total. The van der Waals surface area contributed by atoms with Gasteiger partial charge in [0.15, 0.2) is 0 Å². The molecule has 0 spiro atoms. The lowest BCUT2D eigenvalue weighted by Gasteiger charge is -2.39. The van der Waals surface area contributed by atoms with Crippen LogP contribution in [0.2, 0.25) is 5.11 Å². The van der Waals surface area contributed by atoms with Crippen LogP contribution in [0.4, 0.5) is 0 Å². The molecule has 0 unspecified atom stereocenters. The lowest BCUT2D eigenvalue weighted by Crippen LogP contribution is -2.50. The monoisotopic (exact) mass is 730 g/mol. The molecular formula is C43H43B13N2. The summed E-state index contributed by atoms with van der Waals surface area (Å²) < 4.78 is 2.40. The van der Waals surface area contributed by atoms with Crippen molar-refractivity contribution >= 4 is 200 Å². The highest BCUT2D eigenvalue weighted by molar-refractivity contribution is 6.71. The Balaban J connectivity index is 1.44. The molecule has 0 saturated carbocycles. The van der Waals surface area contributed by atoms with Crippen molar-refractivity contribution in [3.63, 3.8) is 0 Å². The van der Waals surface area contributed by atoms with Crippen LogP contribution >= 0.6 is 0 Å². The van der Waals surface area contributed by atoms with Crippen molar-refractivity contribution < 1.29 is 0 Å². The van der Waals surface area contributed by atoms with Gasteiger partial charge in [-0.2, -0.15) is 0 Å². The molecule has 0 fully saturated rings. The van der Waals surface area contributed by atoms with Crippen molar-refractivity contribution in [3.05, 3.63) is 109 Å². The first-order valence-corrected chi connectivity index (χ1v) is 21.0. The molecule has 0 N–H and O–H groups in total. The maximum atomic E-state index is 5.31. The van der Waals surface area contributed by atoms with E-state index in [1.807, 2.05) is 0 Å². The minimum absolute atomic E-state index is 0.00122. The largest absolute Gasteiger partial charge is 0.297 e. The van der Waals surface area contributed by atoms with Crippen LogP contribution in [-0.4, -0.2) is 112 Å². The van der Waals surface area contributed by atoms with Gasteiger partial charge in [-0.15, -0.1) is 27.0 Å². The van der Waals surface area contributed by atoms with E-state index >= 15 is 0 Å². The molecule has 0 saturated heterocycles. The number of imidazole rings is 1. The van der Waals surface area contributed by atoms with Crippen LogP contribution < -0.4 is 43.7 Å². The van der Waals surface area contributed by atoms with E-state index < -0.39 is 0 Å². The SMILES string of the molecule is Bc1c(B)c(B)c2c(-c3cc4ccccc4c4ccccc34)c3c(B)c(B)c(B)c(B)c3c(-c3ccc(-n4c(C(B)(B)C(B)(B)B)nc5ccccc54)cc3)c2c1B. The van der Waals surface area contributed by atoms with E-state index in [0.29, 0.717) is 0 Å². The molecule has 1 heterocycles. The van der Waals surface area contributed by atoms with Crippen LogP contribution in [0.25, 0.3) is 82.1 Å². The number of benzene rings is 8. The van der Waals surface area contributed by atoms with Gasteiger partial charge in [-0.1, -0.05) is 94.6 Å². The normalized spacial score (nSPS) is 12.3. The van der Waals surface area contributed by atoms with Gasteiger partial charge in [-0.05, 0) is 101 Å². The Labute approximate surface area is 354 Å². The molecule has 9 rings (SSSR count). The first kappa shape index (κ1) is 38.6. The van der Waals surface area contributed by atoms with E-state index in [4.69, 9.17) is 4.98 Å². The van der Waals surface area contributed by atoms with E-state index in [-0.39, 0.29) is 10.3 Å². The Morgan fingerprint density at radius 3 is 1.47 bits per heavy atom. The Hall–Kier alpha value is -4.89. The van der Waals surface area contributed by atoms with Gasteiger partial charge in [-0.3, -0.25) is 4.57 Å². The number of rotatable bonds is 5. The molecule has 264 valence electrons. The van der Waals surface area contributed by atoms with Gasteiger partial charge in [0.1, 0.15) is 84.3 Å². The first-order chi connectivity index (χ1) is 27.5. The Kier molecular flexibility index (Phi) is 9.05. The number of hydrogen-bond acceptors (Lipinski definition) is 1. The third-order valence-corrected chi connectivity index (χ3v) is 14.8. The topological polar surface area (TPSA) is 17.8 Å². The van der Waals surface area contributed by atoms with E-state index in [1.165, 1.54) is 109 Å². The fourth-order valence-corrected chi connectivity index (χ4v) is 9.76. The predicted octanol–water partition coefficient (Wildman–Crippen LogP) is -7.57. The number of aromatic nitrogens is 2. The van der Waals surface area contributed by atoms with Crippen LogP contribution in [0.3, 0.4) is 0 Å². The van der Waals surface area contributed by atoms with E-state index in [2.05, 4.69) is 210 Å². The third-order valence-electron chi connectivity index (χ3n) is 14.8. The number of hydrogen-bond donors (Lipinski definition) is 0. The summed E-state index contributed by atoms with van der Waals surface area (Å²) in [5.74, 6) is 1.09. The fraction of sp³-hybridized carbons (Fsp3) is 0.0465. The summed E-state index contributed by atoms with van der Waals surface area (Å²) in [5.41, 5.74) is 19.5. The van der Waals surface area contributed by atoms with Gasteiger partial charge in [0.25, 0.3) is 0 Å². The zero-order valence-electron chi connectivity index (χ0n) is 36.7. The zero-order chi connectivity index (χ0) is 41.2. The summed E-state index contributed by atoms with van der Waals surface area (Å²) in [6, 6.07) is 38.4. The van der Waals surface area contributed by atoms with Gasteiger partial charge in [0, 0.05) is 5.69 Å². The highest BCUT2D eigenvalue weighted by Crippen LogP contribution is 2.45. The molecule has 0 atom stereocenters. The van der Waals surface area contributed by atoms with Gasteiger partial charge in [-0.25, -0.2) is 4.98 Å². The smallest absolute Gasteiger partial charge is 0.139 e. The van der Waals surface area contributed by atoms with Crippen LogP contribution in [0, 0.1) is 0 Å². The molecular weight excluding hydrogens is 685 g/mol. The van der Waals surface area contributed by atoms with Crippen LogP contribution in [0.1, 0.15) is 5.82 Å². The van der Waals surface area contributed by atoms with Crippen molar-refractivity contribution in [2.24, 2.45) is 0 Å². The lowest BCUT2D eigenvalue weighted by molar-refractivity contribution is 0.757. The summed E-state index contributed by atoms with van der Waals surface area (Å²) in [7, 11) is 30.4. The van der Waals surface area contributed by atoms with Crippen LogP contribution in [-0.2, 0) is 5.21 Å². The Morgan fingerprint density at radius 1 is 0.448 bits per heavy atom. The standard InChI is InChI=1S/C43H43B13N2/c44-33-29-27(18-13-15-20(16-14-18)58-26-12-6-5-11-25(26)57-41(58)42(52,53)43(54,55)56)30-32(36(47)40(51)38(49)34(30)45)28(31(29)35(46)39(50)37(33)48)24-17-19-7-1-2-8-21(19)22-9-3-4-10-23(22)24/h1-17H,44-56H2. The van der Waals surface area contributed by atoms with E-state index in [1.54, 1.807) is 0 Å². The Bertz CT molecular complexity index is 3140. The Morgan fingerprint density at radius 2 is 0.914 bits per heavy atom. The summed E-state index contributed by atoms with van der Waals surface area (Å²) in [5, 5.41) is 10.4. The highest BCUT2D eigenvalue weighted by atomic mass is 15.1. The molecule has 0 aliphatic heterocycles. The predicted molar refractivity (Wildman–Crippen MR) is 294 cm³/mol. The molecule has 58 heavy (non-hydrogen) atoms. The van der Waals surface area contributed by atoms with Crippen LogP contribution in [0.15, 0.2) is 103 Å². The molecule has 0 bridgehead atoms. The zero-order valence-corrected chi connectivity index (χ0v) is 36.7. The van der Waals surface area contributed by atoms with Crippen molar-refractivity contribution in [2.45, 2.75) is 10.3 Å². The number of fused-ring (bicyclic) bond motifs is 6. The fourth-order valence-electron chi connectivity index (χ4n) is 9.76. The minimum Gasteiger partial charge on any atom is -0.297 e. The summed E-state index contributed by atoms with van der Waals surface area (Å²) >= 11 is 0. The van der Waals surface area contributed by atoms with Gasteiger partial charge < -0.3 is 0 Å². The molecule has 1 aromatic heterocycles. The summed E-state index contributed by atoms with van der Waals surface area (Å²) in [4.78, 5) is 5.31. The number of para-hydroxylation sites is 2. The molecule has 8 aromatic carbocycles. The van der Waals surface area contributed by atoms with Gasteiger partial charge in [0.2, 0.25) is 0 Å². The van der Waals surface area contributed by atoms with Gasteiger partial charge in [0.05, 0.1) is 34.6 Å². The quantitative estimate of drug-likeness (QED) is 0.0981. The average molecular weight is 728 g/mol. The van der Waals surface area contributed by atoms with E-state index in [9.17, 15) is 0 Å². The maximum absolute atomic E-state index is 5.31. The number of nitrogens with zero attached hydrogens (tertiary/aromatic N) is 2. The molecule has 9 aromatic rings. The van der Waals surface area contributed by atoms with Crippen molar-refractivity contribution in [1.82, 2.24) is 9.55 Å². The second-order valence-electron chi connectivity index (χ2n) is 18.6. The molecule has 0 aliphatic rings. The first-order valence-electron chi connectivity index (χ1n) is 21.0. The second kappa shape index (κ2) is 13.6. The molecule has 0 aliphatic carbocycles. The maximum Gasteiger partial charge on any atom is 0.139 e. The molecule has 0 amide bonds. The van der Waals surface area contributed by atoms with Crippen molar-refractivity contribution in [1.29, 1.82) is 0 Å². The van der Waals surface area contributed by atoms with Crippen LogP contribution in [0.5, 0.6) is 0 Å². The van der Waals surface area contributed by atoms with E-state index in [0.717, 1.165) is 22.5 Å².